The molecule has 114 valence electrons. The molecule has 0 atom stereocenters. The van der Waals surface area contributed by atoms with Crippen LogP contribution in [-0.4, -0.2) is 10.9 Å². The number of benzene rings is 2. The maximum Gasteiger partial charge on any atom is 0.270 e. The predicted molar refractivity (Wildman–Crippen MR) is 91.3 cm³/mol. The highest BCUT2D eigenvalue weighted by Crippen LogP contribution is 2.29. The van der Waals surface area contributed by atoms with Gasteiger partial charge in [0.25, 0.3) is 5.91 Å². The lowest BCUT2D eigenvalue weighted by molar-refractivity contribution is 0.0963. The first-order chi connectivity index (χ1) is 11.3. The van der Waals surface area contributed by atoms with Gasteiger partial charge in [-0.3, -0.25) is 20.6 Å². The first kappa shape index (κ1) is 13.8. The summed E-state index contributed by atoms with van der Waals surface area (Å²) >= 11 is 0. The third-order valence-corrected chi connectivity index (χ3v) is 4.24. The minimum atomic E-state index is -0.106. The van der Waals surface area contributed by atoms with Crippen LogP contribution in [0.4, 0.5) is 5.69 Å². The van der Waals surface area contributed by atoms with Gasteiger partial charge in [0.2, 0.25) is 0 Å². The van der Waals surface area contributed by atoms with E-state index in [1.165, 1.54) is 0 Å². The highest BCUT2D eigenvalue weighted by molar-refractivity contribution is 6.08. The molecule has 0 unspecified atom stereocenters. The zero-order valence-electron chi connectivity index (χ0n) is 12.7. The Balaban J connectivity index is 1.71. The molecule has 0 aliphatic heterocycles. The number of hydrogen-bond acceptors (Lipinski definition) is 3. The smallest absolute Gasteiger partial charge is 0.270 e. The van der Waals surface area contributed by atoms with Gasteiger partial charge in [-0.25, -0.2) is 0 Å². The molecule has 1 aliphatic rings. The summed E-state index contributed by atoms with van der Waals surface area (Å²) < 4.78 is 0. The molecule has 1 amide bonds. The standard InChI is InChI=1S/C19H17N3O/c23-19(22-21-13-7-2-1-3-8-13)18-14-9-4-5-11-16(14)20-17-12-6-10-15(17)18/h1-5,7-9,11,21H,6,10,12H2,(H,22,23). The van der Waals surface area contributed by atoms with Crippen LogP contribution >= 0.6 is 0 Å². The topological polar surface area (TPSA) is 54.0 Å². The van der Waals surface area contributed by atoms with Gasteiger partial charge in [-0.1, -0.05) is 36.4 Å². The largest absolute Gasteiger partial charge is 0.298 e. The molecule has 3 aromatic rings. The van der Waals surface area contributed by atoms with Gasteiger partial charge in [-0.15, -0.1) is 0 Å². The molecule has 4 heteroatoms. The van der Waals surface area contributed by atoms with Gasteiger partial charge in [0.1, 0.15) is 0 Å². The fraction of sp³-hybridized carbons (Fsp3) is 0.158. The van der Waals surface area contributed by atoms with Crippen molar-refractivity contribution >= 4 is 22.5 Å². The number of aryl methyl sites for hydroxylation is 1. The average Bonchev–Trinajstić information content (AvgIpc) is 3.06. The van der Waals surface area contributed by atoms with Crippen molar-refractivity contribution in [2.75, 3.05) is 5.43 Å². The van der Waals surface area contributed by atoms with Gasteiger partial charge >= 0.3 is 0 Å². The second-order valence-corrected chi connectivity index (χ2v) is 5.73. The predicted octanol–water partition coefficient (Wildman–Crippen LogP) is 3.48. The number of carbonyl (C=O) groups is 1. The van der Waals surface area contributed by atoms with Crippen LogP contribution < -0.4 is 10.9 Å². The van der Waals surface area contributed by atoms with Crippen LogP contribution in [0, 0.1) is 0 Å². The van der Waals surface area contributed by atoms with E-state index in [9.17, 15) is 4.79 Å². The van der Waals surface area contributed by atoms with Crippen LogP contribution in [0.5, 0.6) is 0 Å². The summed E-state index contributed by atoms with van der Waals surface area (Å²) in [6.45, 7) is 0. The van der Waals surface area contributed by atoms with Crippen LogP contribution in [0.2, 0.25) is 0 Å². The minimum Gasteiger partial charge on any atom is -0.298 e. The van der Waals surface area contributed by atoms with E-state index in [0.717, 1.165) is 52.7 Å². The van der Waals surface area contributed by atoms with Crippen LogP contribution in [0.1, 0.15) is 28.0 Å². The van der Waals surface area contributed by atoms with Gasteiger partial charge in [0.15, 0.2) is 0 Å². The first-order valence-electron chi connectivity index (χ1n) is 7.85. The van der Waals surface area contributed by atoms with Crippen LogP contribution in [0.15, 0.2) is 54.6 Å². The first-order valence-corrected chi connectivity index (χ1v) is 7.85. The Labute approximate surface area is 134 Å². The molecule has 1 aromatic heterocycles. The SMILES string of the molecule is O=C(NNc1ccccc1)c1c2c(nc3ccccc13)CCC2. The molecule has 0 radical (unpaired) electrons. The monoisotopic (exact) mass is 303 g/mol. The third-order valence-electron chi connectivity index (χ3n) is 4.24. The molecule has 0 saturated carbocycles. The Bertz CT molecular complexity index is 874. The Morgan fingerprint density at radius 1 is 0.957 bits per heavy atom. The van der Waals surface area contributed by atoms with Crippen LogP contribution in [0.3, 0.4) is 0 Å². The summed E-state index contributed by atoms with van der Waals surface area (Å²) in [4.78, 5) is 17.5. The molecule has 2 N–H and O–H groups in total. The molecule has 1 heterocycles. The number of anilines is 1. The van der Waals surface area contributed by atoms with Crippen LogP contribution in [-0.2, 0) is 12.8 Å². The number of amides is 1. The second kappa shape index (κ2) is 5.72. The number of fused-ring (bicyclic) bond motifs is 2. The molecule has 0 fully saturated rings. The maximum absolute atomic E-state index is 12.8. The maximum atomic E-state index is 12.8. The summed E-state index contributed by atoms with van der Waals surface area (Å²) in [6.07, 6.45) is 2.93. The lowest BCUT2D eigenvalue weighted by Crippen LogP contribution is -2.30. The summed E-state index contributed by atoms with van der Waals surface area (Å²) in [7, 11) is 0. The van der Waals surface area contributed by atoms with Gasteiger partial charge in [-0.2, -0.15) is 0 Å². The number of hydrogen-bond donors (Lipinski definition) is 2. The van der Waals surface area contributed by atoms with Crippen molar-refractivity contribution < 1.29 is 4.79 Å². The van der Waals surface area contributed by atoms with Gasteiger partial charge in [0.05, 0.1) is 16.8 Å². The molecule has 4 nitrogen and oxygen atoms in total. The van der Waals surface area contributed by atoms with E-state index in [1.807, 2.05) is 54.6 Å². The zero-order valence-corrected chi connectivity index (χ0v) is 12.7. The summed E-state index contributed by atoms with van der Waals surface area (Å²) in [5.41, 5.74) is 10.5. The number of para-hydroxylation sites is 2. The number of nitrogens with one attached hydrogen (secondary N) is 2. The number of pyridine rings is 1. The van der Waals surface area contributed by atoms with Crippen molar-refractivity contribution in [2.24, 2.45) is 0 Å². The van der Waals surface area contributed by atoms with Gasteiger partial charge < -0.3 is 0 Å². The number of rotatable bonds is 3. The lowest BCUT2D eigenvalue weighted by Gasteiger charge is -2.13. The molecular weight excluding hydrogens is 286 g/mol. The normalized spacial score (nSPS) is 12.9. The third kappa shape index (κ3) is 2.52. The highest BCUT2D eigenvalue weighted by atomic mass is 16.2. The number of aromatic nitrogens is 1. The Morgan fingerprint density at radius 3 is 2.61 bits per heavy atom. The fourth-order valence-electron chi connectivity index (χ4n) is 3.18. The van der Waals surface area contributed by atoms with E-state index in [1.54, 1.807) is 0 Å². The molecule has 0 saturated heterocycles. The molecular formula is C19H17N3O. The van der Waals surface area contributed by atoms with Crippen molar-refractivity contribution in [3.05, 3.63) is 71.4 Å². The van der Waals surface area contributed by atoms with E-state index < -0.39 is 0 Å². The minimum absolute atomic E-state index is 0.106. The summed E-state index contributed by atoms with van der Waals surface area (Å²) in [6, 6.07) is 17.5. The fourth-order valence-corrected chi connectivity index (χ4v) is 3.18. The van der Waals surface area contributed by atoms with E-state index in [-0.39, 0.29) is 5.91 Å². The summed E-state index contributed by atoms with van der Waals surface area (Å²) in [5.74, 6) is -0.106. The molecule has 0 bridgehead atoms. The van der Waals surface area contributed by atoms with Crippen molar-refractivity contribution in [3.8, 4) is 0 Å². The van der Waals surface area contributed by atoms with E-state index >= 15 is 0 Å². The summed E-state index contributed by atoms with van der Waals surface area (Å²) in [5, 5.41) is 0.917. The number of carbonyl (C=O) groups excluding carboxylic acids is 1. The molecule has 1 aliphatic carbocycles. The van der Waals surface area contributed by atoms with Gasteiger partial charge in [0, 0.05) is 11.1 Å². The van der Waals surface area contributed by atoms with Crippen molar-refractivity contribution in [2.45, 2.75) is 19.3 Å². The molecule has 2 aromatic carbocycles. The Morgan fingerprint density at radius 2 is 1.74 bits per heavy atom. The zero-order chi connectivity index (χ0) is 15.6. The van der Waals surface area contributed by atoms with Crippen molar-refractivity contribution in [3.63, 3.8) is 0 Å². The number of hydrazine groups is 1. The van der Waals surface area contributed by atoms with Crippen molar-refractivity contribution in [1.29, 1.82) is 0 Å². The van der Waals surface area contributed by atoms with E-state index in [4.69, 9.17) is 4.98 Å². The van der Waals surface area contributed by atoms with Crippen LogP contribution in [0.25, 0.3) is 10.9 Å². The Kier molecular flexibility index (Phi) is 3.42. The van der Waals surface area contributed by atoms with Crippen molar-refractivity contribution in [1.82, 2.24) is 10.4 Å². The van der Waals surface area contributed by atoms with E-state index in [2.05, 4.69) is 10.9 Å². The van der Waals surface area contributed by atoms with Gasteiger partial charge in [-0.05, 0) is 43.0 Å². The van der Waals surface area contributed by atoms with E-state index in [0.29, 0.717) is 0 Å². The molecule has 0 spiro atoms. The Hall–Kier alpha value is -2.88. The molecule has 4 rings (SSSR count). The quantitative estimate of drug-likeness (QED) is 0.728. The average molecular weight is 303 g/mol. The number of nitrogens with zero attached hydrogens (tertiary/aromatic N) is 1. The lowest BCUT2D eigenvalue weighted by atomic mass is 10.0. The second-order valence-electron chi connectivity index (χ2n) is 5.73. The molecule has 23 heavy (non-hydrogen) atoms. The highest BCUT2D eigenvalue weighted by Gasteiger charge is 2.23.